The quantitative estimate of drug-likeness (QED) is 0.393. The first kappa shape index (κ1) is 26.5. The molecule has 0 aliphatic rings. The number of ether oxygens (including phenoxy) is 2. The highest BCUT2D eigenvalue weighted by atomic mass is 32.1. The van der Waals surface area contributed by atoms with E-state index < -0.39 is 11.6 Å². The predicted octanol–water partition coefficient (Wildman–Crippen LogP) is 3.13. The number of hydrogen-bond acceptors (Lipinski definition) is 7. The molecule has 0 radical (unpaired) electrons. The fraction of sp³-hybridized carbons (Fsp3) is 0.565. The average molecular weight is 478 g/mol. The van der Waals surface area contributed by atoms with Gasteiger partial charge in [-0.05, 0) is 78.3 Å². The van der Waals surface area contributed by atoms with Gasteiger partial charge in [-0.25, -0.2) is 0 Å². The first-order valence-electron chi connectivity index (χ1n) is 11.0. The summed E-state index contributed by atoms with van der Waals surface area (Å²) in [5.41, 5.74) is 0.251. The van der Waals surface area contributed by atoms with E-state index in [2.05, 4.69) is 10.2 Å². The number of benzene rings is 1. The zero-order valence-electron chi connectivity index (χ0n) is 20.4. The molecule has 33 heavy (non-hydrogen) atoms. The van der Waals surface area contributed by atoms with E-state index in [4.69, 9.17) is 21.7 Å². The third kappa shape index (κ3) is 8.62. The summed E-state index contributed by atoms with van der Waals surface area (Å²) in [7, 11) is 3.84. The van der Waals surface area contributed by atoms with Crippen LogP contribution in [0.5, 0.6) is 5.75 Å². The van der Waals surface area contributed by atoms with Crippen molar-refractivity contribution in [2.24, 2.45) is 0 Å². The summed E-state index contributed by atoms with van der Waals surface area (Å²) in [6.07, 6.45) is 0.175. The van der Waals surface area contributed by atoms with E-state index in [0.29, 0.717) is 36.8 Å². The number of carbonyl (C=O) groups is 2. The van der Waals surface area contributed by atoms with Gasteiger partial charge in [0.1, 0.15) is 17.9 Å². The Morgan fingerprint density at radius 3 is 2.39 bits per heavy atom. The number of nitrogens with zero attached hydrogens (tertiary/aromatic N) is 4. The predicted molar refractivity (Wildman–Crippen MR) is 130 cm³/mol. The fourth-order valence-electron chi connectivity index (χ4n) is 3.12. The van der Waals surface area contributed by atoms with Crippen molar-refractivity contribution in [3.8, 4) is 17.1 Å². The standard InChI is InChI=1S/C23H35N5O4S/c1-7-31-18-10-8-17(9-11-18)21-24-25-22(33)28(21)13-12-19(29)27(15-14-26(5)6)16-20(30)32-23(2,3)4/h8-11H,7,12-16H2,1-6H3,(H,25,33). The van der Waals surface area contributed by atoms with Crippen LogP contribution < -0.4 is 4.74 Å². The number of hydrogen-bond donors (Lipinski definition) is 1. The summed E-state index contributed by atoms with van der Waals surface area (Å²) in [6, 6.07) is 7.55. The SMILES string of the molecule is CCOc1ccc(-c2n[nH]c(=S)n2CCC(=O)N(CCN(C)C)CC(=O)OC(C)(C)C)cc1. The fourth-order valence-corrected chi connectivity index (χ4v) is 3.34. The molecule has 0 aliphatic heterocycles. The zero-order valence-corrected chi connectivity index (χ0v) is 21.2. The van der Waals surface area contributed by atoms with Crippen LogP contribution >= 0.6 is 12.2 Å². The molecule has 2 aromatic rings. The number of likely N-dealkylation sites (N-methyl/N-ethyl adjacent to an activating group) is 1. The van der Waals surface area contributed by atoms with Crippen LogP contribution in [-0.2, 0) is 20.9 Å². The topological polar surface area (TPSA) is 92.7 Å². The van der Waals surface area contributed by atoms with Gasteiger partial charge in [0, 0.05) is 31.6 Å². The highest BCUT2D eigenvalue weighted by Gasteiger charge is 2.22. The van der Waals surface area contributed by atoms with Crippen molar-refractivity contribution in [1.82, 2.24) is 24.6 Å². The Balaban J connectivity index is 2.11. The normalized spacial score (nSPS) is 11.5. The van der Waals surface area contributed by atoms with Crippen LogP contribution in [0.25, 0.3) is 11.4 Å². The average Bonchev–Trinajstić information content (AvgIpc) is 3.09. The molecule has 0 saturated heterocycles. The number of nitrogens with one attached hydrogen (secondary N) is 1. The summed E-state index contributed by atoms with van der Waals surface area (Å²) in [4.78, 5) is 28.9. The third-order valence-corrected chi connectivity index (χ3v) is 4.95. The van der Waals surface area contributed by atoms with Crippen LogP contribution in [0.2, 0.25) is 0 Å². The molecule has 0 aliphatic carbocycles. The maximum Gasteiger partial charge on any atom is 0.326 e. The number of aromatic nitrogens is 3. The van der Waals surface area contributed by atoms with Crippen molar-refractivity contribution < 1.29 is 19.1 Å². The van der Waals surface area contributed by atoms with Gasteiger partial charge in [0.25, 0.3) is 0 Å². The van der Waals surface area contributed by atoms with Crippen LogP contribution in [0.3, 0.4) is 0 Å². The van der Waals surface area contributed by atoms with Gasteiger partial charge < -0.3 is 19.3 Å². The lowest BCUT2D eigenvalue weighted by atomic mass is 10.2. The summed E-state index contributed by atoms with van der Waals surface area (Å²) in [5.74, 6) is 0.840. The van der Waals surface area contributed by atoms with E-state index in [0.717, 1.165) is 11.3 Å². The van der Waals surface area contributed by atoms with Crippen molar-refractivity contribution in [2.45, 2.75) is 46.3 Å². The molecule has 1 amide bonds. The van der Waals surface area contributed by atoms with Crippen LogP contribution in [-0.4, -0.2) is 82.4 Å². The smallest absolute Gasteiger partial charge is 0.326 e. The molecule has 0 fully saturated rings. The molecule has 0 saturated carbocycles. The second kappa shape index (κ2) is 11.9. The van der Waals surface area contributed by atoms with Crippen molar-refractivity contribution in [3.63, 3.8) is 0 Å². The minimum atomic E-state index is -0.607. The van der Waals surface area contributed by atoms with Gasteiger partial charge >= 0.3 is 5.97 Å². The maximum atomic E-state index is 13.0. The molecule has 182 valence electrons. The first-order chi connectivity index (χ1) is 15.5. The van der Waals surface area contributed by atoms with Crippen molar-refractivity contribution in [2.75, 3.05) is 40.3 Å². The molecule has 9 nitrogen and oxygen atoms in total. The molecule has 2 rings (SSSR count). The number of rotatable bonds is 11. The Bertz CT molecular complexity index is 976. The molecular formula is C23H35N5O4S. The molecule has 0 bridgehead atoms. The Hall–Kier alpha value is -2.72. The van der Waals surface area contributed by atoms with E-state index in [1.54, 1.807) is 25.3 Å². The second-order valence-corrected chi connectivity index (χ2v) is 9.30. The van der Waals surface area contributed by atoms with Crippen LogP contribution in [0, 0.1) is 4.77 Å². The number of carbonyl (C=O) groups excluding carboxylic acids is 2. The Morgan fingerprint density at radius 1 is 1.15 bits per heavy atom. The summed E-state index contributed by atoms with van der Waals surface area (Å²) >= 11 is 5.39. The minimum Gasteiger partial charge on any atom is -0.494 e. The molecule has 1 N–H and O–H groups in total. The molecule has 0 unspecified atom stereocenters. The van der Waals surface area contributed by atoms with Gasteiger partial charge in [-0.2, -0.15) is 5.10 Å². The van der Waals surface area contributed by atoms with Gasteiger partial charge in [-0.1, -0.05) is 0 Å². The lowest BCUT2D eigenvalue weighted by molar-refractivity contribution is -0.159. The van der Waals surface area contributed by atoms with Crippen LogP contribution in [0.1, 0.15) is 34.1 Å². The van der Waals surface area contributed by atoms with Crippen molar-refractivity contribution in [1.29, 1.82) is 0 Å². The number of amides is 1. The van der Waals surface area contributed by atoms with Gasteiger partial charge in [0.05, 0.1) is 6.61 Å². The molecule has 0 spiro atoms. The number of esters is 1. The molecule has 10 heteroatoms. The summed E-state index contributed by atoms with van der Waals surface area (Å²) < 4.78 is 13.1. The minimum absolute atomic E-state index is 0.0908. The molecule has 1 heterocycles. The Kier molecular flexibility index (Phi) is 9.60. The second-order valence-electron chi connectivity index (χ2n) is 8.92. The lowest BCUT2D eigenvalue weighted by Gasteiger charge is -2.26. The Morgan fingerprint density at radius 2 is 1.82 bits per heavy atom. The van der Waals surface area contributed by atoms with Gasteiger partial charge in [-0.3, -0.25) is 19.3 Å². The van der Waals surface area contributed by atoms with Crippen LogP contribution in [0.15, 0.2) is 24.3 Å². The monoisotopic (exact) mass is 477 g/mol. The number of H-pyrrole nitrogens is 1. The van der Waals surface area contributed by atoms with Crippen molar-refractivity contribution in [3.05, 3.63) is 29.0 Å². The van der Waals surface area contributed by atoms with Gasteiger partial charge in [0.2, 0.25) is 5.91 Å². The lowest BCUT2D eigenvalue weighted by Crippen LogP contribution is -2.42. The highest BCUT2D eigenvalue weighted by Crippen LogP contribution is 2.21. The molecule has 1 aromatic heterocycles. The van der Waals surface area contributed by atoms with Gasteiger partial charge in [0.15, 0.2) is 10.6 Å². The van der Waals surface area contributed by atoms with Gasteiger partial charge in [-0.15, -0.1) is 0 Å². The summed E-state index contributed by atoms with van der Waals surface area (Å²) in [5, 5.41) is 7.14. The molecule has 0 atom stereocenters. The van der Waals surface area contributed by atoms with E-state index in [1.807, 2.05) is 50.2 Å². The third-order valence-electron chi connectivity index (χ3n) is 4.64. The van der Waals surface area contributed by atoms with E-state index >= 15 is 0 Å². The maximum absolute atomic E-state index is 13.0. The Labute approximate surface area is 200 Å². The van der Waals surface area contributed by atoms with Crippen LogP contribution in [0.4, 0.5) is 0 Å². The molecule has 1 aromatic carbocycles. The van der Waals surface area contributed by atoms with E-state index in [-0.39, 0.29) is 18.9 Å². The summed E-state index contributed by atoms with van der Waals surface area (Å²) in [6.45, 7) is 9.25. The first-order valence-corrected chi connectivity index (χ1v) is 11.4. The highest BCUT2D eigenvalue weighted by molar-refractivity contribution is 7.71. The van der Waals surface area contributed by atoms with E-state index in [1.165, 1.54) is 4.90 Å². The zero-order chi connectivity index (χ0) is 24.6. The largest absolute Gasteiger partial charge is 0.494 e. The number of aromatic amines is 1. The van der Waals surface area contributed by atoms with Crippen molar-refractivity contribution >= 4 is 24.1 Å². The molecular weight excluding hydrogens is 442 g/mol. The van der Waals surface area contributed by atoms with E-state index in [9.17, 15) is 9.59 Å².